The molecule has 1 atom stereocenters. The summed E-state index contributed by atoms with van der Waals surface area (Å²) < 4.78 is 0. The zero-order chi connectivity index (χ0) is 16.2. The largest absolute Gasteiger partial charge is 0.353 e. The number of rotatable bonds is 2. The summed E-state index contributed by atoms with van der Waals surface area (Å²) in [6, 6.07) is 0.696. The molecule has 0 aromatic carbocycles. The molecule has 3 N–H and O–H groups in total. The van der Waals surface area contributed by atoms with Crippen LogP contribution in [0, 0.1) is 5.92 Å². The van der Waals surface area contributed by atoms with Crippen LogP contribution in [0.5, 0.6) is 0 Å². The van der Waals surface area contributed by atoms with Crippen LogP contribution in [0.15, 0.2) is 0 Å². The number of nitrogens with two attached hydrogens (primary N) is 1. The van der Waals surface area contributed by atoms with Gasteiger partial charge >= 0.3 is 6.03 Å². The predicted molar refractivity (Wildman–Crippen MR) is 88.9 cm³/mol. The lowest BCUT2D eigenvalue weighted by Crippen LogP contribution is -2.51. The number of amides is 3. The molecule has 0 bridgehead atoms. The topological polar surface area (TPSA) is 78.7 Å². The van der Waals surface area contributed by atoms with Gasteiger partial charge in [-0.05, 0) is 51.4 Å². The van der Waals surface area contributed by atoms with Gasteiger partial charge in [0, 0.05) is 38.3 Å². The van der Waals surface area contributed by atoms with E-state index in [1.54, 1.807) is 0 Å². The van der Waals surface area contributed by atoms with Crippen LogP contribution in [0.2, 0.25) is 0 Å². The molecule has 6 nitrogen and oxygen atoms in total. The highest BCUT2D eigenvalue weighted by Gasteiger charge is 2.32. The molecule has 2 heterocycles. The summed E-state index contributed by atoms with van der Waals surface area (Å²) in [6.45, 7) is 3.11. The minimum absolute atomic E-state index is 0.0501. The fourth-order valence-corrected chi connectivity index (χ4v) is 4.06. The van der Waals surface area contributed by atoms with Crippen LogP contribution in [0.25, 0.3) is 0 Å². The van der Waals surface area contributed by atoms with Crippen molar-refractivity contribution in [2.45, 2.75) is 63.5 Å². The molecular weight excluding hydrogens is 292 g/mol. The average Bonchev–Trinajstić information content (AvgIpc) is 3.11. The van der Waals surface area contributed by atoms with Gasteiger partial charge < -0.3 is 20.9 Å². The highest BCUT2D eigenvalue weighted by Crippen LogP contribution is 2.22. The second-order valence-corrected chi connectivity index (χ2v) is 7.38. The van der Waals surface area contributed by atoms with Crippen LogP contribution in [-0.4, -0.2) is 60.0 Å². The smallest absolute Gasteiger partial charge is 0.320 e. The highest BCUT2D eigenvalue weighted by molar-refractivity contribution is 5.81. The van der Waals surface area contributed by atoms with Gasteiger partial charge in [0.2, 0.25) is 5.91 Å². The normalized spacial score (nSPS) is 32.0. The maximum Gasteiger partial charge on any atom is 0.320 e. The minimum Gasteiger partial charge on any atom is -0.353 e. The zero-order valence-corrected chi connectivity index (χ0v) is 14.0. The van der Waals surface area contributed by atoms with Gasteiger partial charge in [-0.25, -0.2) is 4.79 Å². The molecule has 0 aromatic heterocycles. The second-order valence-electron chi connectivity index (χ2n) is 7.38. The fourth-order valence-electron chi connectivity index (χ4n) is 4.06. The van der Waals surface area contributed by atoms with E-state index in [-0.39, 0.29) is 23.9 Å². The van der Waals surface area contributed by atoms with E-state index in [2.05, 4.69) is 5.32 Å². The number of nitrogens with one attached hydrogen (secondary N) is 1. The molecular formula is C17H30N4O2. The Kier molecular flexibility index (Phi) is 5.41. The van der Waals surface area contributed by atoms with Crippen molar-refractivity contribution in [3.05, 3.63) is 0 Å². The first-order chi connectivity index (χ1) is 11.1. The van der Waals surface area contributed by atoms with Gasteiger partial charge in [0.25, 0.3) is 0 Å². The van der Waals surface area contributed by atoms with Crippen molar-refractivity contribution in [2.75, 3.05) is 26.2 Å². The maximum atomic E-state index is 12.5. The number of hydrogen-bond acceptors (Lipinski definition) is 3. The molecule has 0 aromatic rings. The third-order valence-electron chi connectivity index (χ3n) is 5.56. The molecule has 1 aliphatic carbocycles. The summed E-state index contributed by atoms with van der Waals surface area (Å²) in [7, 11) is 0. The van der Waals surface area contributed by atoms with E-state index in [0.717, 1.165) is 71.0 Å². The molecule has 0 spiro atoms. The summed E-state index contributed by atoms with van der Waals surface area (Å²) in [5, 5.41) is 3.19. The van der Waals surface area contributed by atoms with Gasteiger partial charge in [0.15, 0.2) is 0 Å². The Morgan fingerprint density at radius 2 is 1.52 bits per heavy atom. The number of carbonyl (C=O) groups is 2. The van der Waals surface area contributed by atoms with E-state index in [1.807, 2.05) is 9.80 Å². The van der Waals surface area contributed by atoms with E-state index in [0.29, 0.717) is 12.6 Å². The predicted octanol–water partition coefficient (Wildman–Crippen LogP) is 1.30. The van der Waals surface area contributed by atoms with Crippen molar-refractivity contribution in [3.63, 3.8) is 0 Å². The van der Waals surface area contributed by atoms with E-state index < -0.39 is 0 Å². The van der Waals surface area contributed by atoms with Crippen LogP contribution in [-0.2, 0) is 4.79 Å². The summed E-state index contributed by atoms with van der Waals surface area (Å²) >= 11 is 0. The van der Waals surface area contributed by atoms with Crippen LogP contribution >= 0.6 is 0 Å². The maximum absolute atomic E-state index is 12.5. The third kappa shape index (κ3) is 4.16. The zero-order valence-electron chi connectivity index (χ0n) is 14.0. The van der Waals surface area contributed by atoms with E-state index >= 15 is 0 Å². The van der Waals surface area contributed by atoms with Crippen molar-refractivity contribution < 1.29 is 9.59 Å². The number of urea groups is 1. The standard InChI is InChI=1S/C17H30N4O2/c18-14-5-7-15(8-6-14)19-16(22)13-4-3-11-21(12-13)17(23)20-9-1-2-10-20/h13-15H,1-12,18H2,(H,19,22). The van der Waals surface area contributed by atoms with Crippen LogP contribution in [0.3, 0.4) is 0 Å². The van der Waals surface area contributed by atoms with Crippen LogP contribution < -0.4 is 11.1 Å². The summed E-state index contributed by atoms with van der Waals surface area (Å²) in [6.07, 6.45) is 7.98. The van der Waals surface area contributed by atoms with Crippen molar-refractivity contribution in [3.8, 4) is 0 Å². The minimum atomic E-state index is -0.0501. The van der Waals surface area contributed by atoms with Gasteiger partial charge in [0.1, 0.15) is 0 Å². The summed E-state index contributed by atoms with van der Waals surface area (Å²) in [5.41, 5.74) is 5.92. The number of hydrogen-bond donors (Lipinski definition) is 2. The summed E-state index contributed by atoms with van der Waals surface area (Å²) in [4.78, 5) is 28.9. The molecule has 1 unspecified atom stereocenters. The molecule has 3 fully saturated rings. The van der Waals surface area contributed by atoms with Crippen molar-refractivity contribution >= 4 is 11.9 Å². The number of piperidine rings is 1. The first kappa shape index (κ1) is 16.6. The van der Waals surface area contributed by atoms with Gasteiger partial charge in [-0.2, -0.15) is 0 Å². The van der Waals surface area contributed by atoms with Crippen LogP contribution in [0.1, 0.15) is 51.4 Å². The summed E-state index contributed by atoms with van der Waals surface area (Å²) in [5.74, 6) is 0.0790. The Bertz CT molecular complexity index is 428. The molecule has 6 heteroatoms. The Morgan fingerprint density at radius 1 is 0.870 bits per heavy atom. The highest BCUT2D eigenvalue weighted by atomic mass is 16.2. The molecule has 130 valence electrons. The molecule has 23 heavy (non-hydrogen) atoms. The first-order valence-corrected chi connectivity index (χ1v) is 9.23. The van der Waals surface area contributed by atoms with Crippen molar-refractivity contribution in [1.29, 1.82) is 0 Å². The van der Waals surface area contributed by atoms with Crippen molar-refractivity contribution in [2.24, 2.45) is 11.7 Å². The van der Waals surface area contributed by atoms with Gasteiger partial charge in [-0.1, -0.05) is 0 Å². The molecule has 1 saturated carbocycles. The molecule has 3 rings (SSSR count). The Labute approximate surface area is 138 Å². The average molecular weight is 322 g/mol. The Balaban J connectivity index is 1.49. The lowest BCUT2D eigenvalue weighted by molar-refractivity contribution is -0.127. The van der Waals surface area contributed by atoms with Gasteiger partial charge in [0.05, 0.1) is 5.92 Å². The molecule has 3 aliphatic rings. The lowest BCUT2D eigenvalue weighted by atomic mass is 9.90. The van der Waals surface area contributed by atoms with Crippen molar-refractivity contribution in [1.82, 2.24) is 15.1 Å². The number of likely N-dealkylation sites (tertiary alicyclic amines) is 2. The second kappa shape index (κ2) is 7.51. The fraction of sp³-hybridized carbons (Fsp3) is 0.882. The van der Waals surface area contributed by atoms with E-state index in [1.165, 1.54) is 0 Å². The molecule has 2 aliphatic heterocycles. The van der Waals surface area contributed by atoms with E-state index in [9.17, 15) is 9.59 Å². The monoisotopic (exact) mass is 322 g/mol. The van der Waals surface area contributed by atoms with E-state index in [4.69, 9.17) is 5.73 Å². The number of carbonyl (C=O) groups excluding carboxylic acids is 2. The molecule has 2 saturated heterocycles. The number of nitrogens with zero attached hydrogens (tertiary/aromatic N) is 2. The Hall–Kier alpha value is -1.30. The first-order valence-electron chi connectivity index (χ1n) is 9.23. The molecule has 0 radical (unpaired) electrons. The third-order valence-corrected chi connectivity index (χ3v) is 5.56. The quantitative estimate of drug-likeness (QED) is 0.804. The molecule has 3 amide bonds. The lowest BCUT2D eigenvalue weighted by Gasteiger charge is -2.35. The SMILES string of the molecule is NC1CCC(NC(=O)C2CCCN(C(=O)N3CCCC3)C2)CC1. The Morgan fingerprint density at radius 3 is 2.22 bits per heavy atom. The van der Waals surface area contributed by atoms with Gasteiger partial charge in [-0.3, -0.25) is 4.79 Å². The van der Waals surface area contributed by atoms with Gasteiger partial charge in [-0.15, -0.1) is 0 Å². The van der Waals surface area contributed by atoms with Crippen LogP contribution in [0.4, 0.5) is 4.79 Å².